The maximum atomic E-state index is 11.4. The van der Waals surface area contributed by atoms with Gasteiger partial charge in [0, 0.05) is 20.2 Å². The Balaban J connectivity index is 1.89. The zero-order valence-electron chi connectivity index (χ0n) is 12.3. The van der Waals surface area contributed by atoms with Gasteiger partial charge in [-0.25, -0.2) is 4.79 Å². The zero-order valence-corrected chi connectivity index (χ0v) is 13.1. The van der Waals surface area contributed by atoms with Crippen LogP contribution in [0.3, 0.4) is 0 Å². The van der Waals surface area contributed by atoms with E-state index >= 15 is 0 Å². The monoisotopic (exact) mass is 318 g/mol. The SMILES string of the molecule is O=C(O)c1ccccc1Cc1cccc2c1sc1ccccc12. The van der Waals surface area contributed by atoms with Crippen LogP contribution in [0, 0.1) is 0 Å². The Labute approximate surface area is 137 Å². The molecule has 0 aliphatic carbocycles. The summed E-state index contributed by atoms with van der Waals surface area (Å²) in [6, 6.07) is 21.9. The molecule has 1 N–H and O–H groups in total. The first kappa shape index (κ1) is 14.0. The summed E-state index contributed by atoms with van der Waals surface area (Å²) in [5.74, 6) is -0.871. The van der Waals surface area contributed by atoms with Gasteiger partial charge in [0.25, 0.3) is 0 Å². The fourth-order valence-electron chi connectivity index (χ4n) is 3.03. The zero-order chi connectivity index (χ0) is 15.8. The highest BCUT2D eigenvalue weighted by molar-refractivity contribution is 7.26. The van der Waals surface area contributed by atoms with E-state index in [1.165, 1.54) is 25.7 Å². The molecule has 0 unspecified atom stereocenters. The first-order valence-electron chi connectivity index (χ1n) is 7.44. The largest absolute Gasteiger partial charge is 0.478 e. The number of hydrogen-bond acceptors (Lipinski definition) is 2. The molecular formula is C20H14O2S. The molecule has 112 valence electrons. The average Bonchev–Trinajstić information content (AvgIpc) is 2.95. The summed E-state index contributed by atoms with van der Waals surface area (Å²) >= 11 is 1.77. The van der Waals surface area contributed by atoms with E-state index in [2.05, 4.69) is 42.5 Å². The Kier molecular flexibility index (Phi) is 3.36. The van der Waals surface area contributed by atoms with Crippen LogP contribution in [0.15, 0.2) is 66.7 Å². The van der Waals surface area contributed by atoms with Crippen LogP contribution in [0.2, 0.25) is 0 Å². The Morgan fingerprint density at radius 3 is 2.39 bits per heavy atom. The van der Waals surface area contributed by atoms with E-state index in [9.17, 15) is 9.90 Å². The van der Waals surface area contributed by atoms with Crippen molar-refractivity contribution in [1.82, 2.24) is 0 Å². The van der Waals surface area contributed by atoms with E-state index in [0.29, 0.717) is 12.0 Å². The van der Waals surface area contributed by atoms with E-state index in [1.54, 1.807) is 23.5 Å². The molecule has 3 heteroatoms. The van der Waals surface area contributed by atoms with Crippen LogP contribution in [0.5, 0.6) is 0 Å². The highest BCUT2D eigenvalue weighted by Gasteiger charge is 2.13. The Bertz CT molecular complexity index is 1030. The van der Waals surface area contributed by atoms with Gasteiger partial charge in [0.05, 0.1) is 5.56 Å². The van der Waals surface area contributed by atoms with E-state index in [1.807, 2.05) is 12.1 Å². The Morgan fingerprint density at radius 2 is 1.52 bits per heavy atom. The number of thiophene rings is 1. The predicted molar refractivity (Wildman–Crippen MR) is 95.5 cm³/mol. The van der Waals surface area contributed by atoms with Crippen LogP contribution >= 0.6 is 11.3 Å². The Hall–Kier alpha value is -2.65. The molecule has 0 amide bonds. The molecule has 0 aliphatic rings. The highest BCUT2D eigenvalue weighted by atomic mass is 32.1. The quantitative estimate of drug-likeness (QED) is 0.553. The predicted octanol–water partition coefficient (Wildman–Crippen LogP) is 5.34. The summed E-state index contributed by atoms with van der Waals surface area (Å²) in [5.41, 5.74) is 2.41. The lowest BCUT2D eigenvalue weighted by Crippen LogP contribution is -2.02. The van der Waals surface area contributed by atoms with Crippen molar-refractivity contribution < 1.29 is 9.90 Å². The minimum Gasteiger partial charge on any atom is -0.478 e. The molecule has 0 atom stereocenters. The van der Waals surface area contributed by atoms with Gasteiger partial charge in [-0.15, -0.1) is 11.3 Å². The molecule has 3 aromatic carbocycles. The number of rotatable bonds is 3. The van der Waals surface area contributed by atoms with Crippen molar-refractivity contribution in [2.45, 2.75) is 6.42 Å². The van der Waals surface area contributed by atoms with Crippen molar-refractivity contribution in [3.8, 4) is 0 Å². The van der Waals surface area contributed by atoms with Gasteiger partial charge in [-0.1, -0.05) is 54.6 Å². The second-order valence-corrected chi connectivity index (χ2v) is 6.58. The second kappa shape index (κ2) is 5.52. The topological polar surface area (TPSA) is 37.3 Å². The number of carbonyl (C=O) groups is 1. The normalized spacial score (nSPS) is 11.1. The molecule has 4 rings (SSSR count). The average molecular weight is 318 g/mol. The molecule has 0 radical (unpaired) electrons. The molecule has 0 saturated heterocycles. The van der Waals surface area contributed by atoms with Crippen LogP contribution < -0.4 is 0 Å². The van der Waals surface area contributed by atoms with Gasteiger partial charge in [0.2, 0.25) is 0 Å². The second-order valence-electron chi connectivity index (χ2n) is 5.53. The van der Waals surface area contributed by atoms with Crippen LogP contribution in [0.4, 0.5) is 0 Å². The summed E-state index contributed by atoms with van der Waals surface area (Å²) in [6.07, 6.45) is 0.632. The lowest BCUT2D eigenvalue weighted by atomic mass is 9.98. The van der Waals surface area contributed by atoms with Crippen molar-refractivity contribution in [3.63, 3.8) is 0 Å². The fourth-order valence-corrected chi connectivity index (χ4v) is 4.25. The maximum absolute atomic E-state index is 11.4. The number of hydrogen-bond donors (Lipinski definition) is 1. The molecule has 0 saturated carbocycles. The minimum absolute atomic E-state index is 0.380. The molecule has 2 nitrogen and oxygen atoms in total. The van der Waals surface area contributed by atoms with E-state index < -0.39 is 5.97 Å². The number of aromatic carboxylic acids is 1. The van der Waals surface area contributed by atoms with Gasteiger partial charge in [0.15, 0.2) is 0 Å². The van der Waals surface area contributed by atoms with E-state index in [0.717, 1.165) is 5.56 Å². The summed E-state index contributed by atoms with van der Waals surface area (Å²) in [7, 11) is 0. The third kappa shape index (κ3) is 2.39. The lowest BCUT2D eigenvalue weighted by molar-refractivity contribution is 0.0696. The highest BCUT2D eigenvalue weighted by Crippen LogP contribution is 2.36. The fraction of sp³-hybridized carbons (Fsp3) is 0.0500. The maximum Gasteiger partial charge on any atom is 0.335 e. The van der Waals surface area contributed by atoms with Gasteiger partial charge in [0.1, 0.15) is 0 Å². The van der Waals surface area contributed by atoms with Crippen molar-refractivity contribution in [1.29, 1.82) is 0 Å². The number of fused-ring (bicyclic) bond motifs is 3. The van der Waals surface area contributed by atoms with Crippen molar-refractivity contribution in [3.05, 3.63) is 83.4 Å². The minimum atomic E-state index is -0.871. The van der Waals surface area contributed by atoms with Crippen LogP contribution in [0.1, 0.15) is 21.5 Å². The number of carboxylic acids is 1. The van der Waals surface area contributed by atoms with E-state index in [-0.39, 0.29) is 0 Å². The molecule has 23 heavy (non-hydrogen) atoms. The molecule has 0 fully saturated rings. The van der Waals surface area contributed by atoms with Crippen molar-refractivity contribution in [2.75, 3.05) is 0 Å². The van der Waals surface area contributed by atoms with Gasteiger partial charge in [-0.05, 0) is 29.7 Å². The van der Waals surface area contributed by atoms with E-state index in [4.69, 9.17) is 0 Å². The molecule has 0 spiro atoms. The Morgan fingerprint density at radius 1 is 0.826 bits per heavy atom. The van der Waals surface area contributed by atoms with Crippen LogP contribution in [-0.4, -0.2) is 11.1 Å². The van der Waals surface area contributed by atoms with Gasteiger partial charge >= 0.3 is 5.97 Å². The smallest absolute Gasteiger partial charge is 0.335 e. The molecule has 0 bridgehead atoms. The lowest BCUT2D eigenvalue weighted by Gasteiger charge is -2.07. The van der Waals surface area contributed by atoms with Crippen LogP contribution in [-0.2, 0) is 6.42 Å². The number of benzene rings is 3. The van der Waals surface area contributed by atoms with Gasteiger partial charge in [-0.3, -0.25) is 0 Å². The molecular weight excluding hydrogens is 304 g/mol. The number of carboxylic acid groups (broad SMARTS) is 1. The van der Waals surface area contributed by atoms with Gasteiger partial charge in [-0.2, -0.15) is 0 Å². The molecule has 1 heterocycles. The summed E-state index contributed by atoms with van der Waals surface area (Å²) < 4.78 is 2.51. The third-order valence-corrected chi connectivity index (χ3v) is 5.38. The standard InChI is InChI=1S/C20H14O2S/c21-20(22)15-8-2-1-6-13(15)12-14-7-5-10-17-16-9-3-4-11-18(16)23-19(14)17/h1-11H,12H2,(H,21,22). The molecule has 0 aliphatic heterocycles. The molecule has 4 aromatic rings. The van der Waals surface area contributed by atoms with Crippen molar-refractivity contribution >= 4 is 37.5 Å². The first-order chi connectivity index (χ1) is 11.2. The third-order valence-electron chi connectivity index (χ3n) is 4.11. The first-order valence-corrected chi connectivity index (χ1v) is 8.26. The van der Waals surface area contributed by atoms with Gasteiger partial charge < -0.3 is 5.11 Å². The summed E-state index contributed by atoms with van der Waals surface area (Å²) in [5, 5.41) is 11.9. The summed E-state index contributed by atoms with van der Waals surface area (Å²) in [6.45, 7) is 0. The van der Waals surface area contributed by atoms with Crippen LogP contribution in [0.25, 0.3) is 20.2 Å². The summed E-state index contributed by atoms with van der Waals surface area (Å²) in [4.78, 5) is 11.4. The van der Waals surface area contributed by atoms with Crippen molar-refractivity contribution in [2.24, 2.45) is 0 Å². The molecule has 1 aromatic heterocycles.